The highest BCUT2D eigenvalue weighted by atomic mass is 32.2. The highest BCUT2D eigenvalue weighted by Crippen LogP contribution is 2.40. The highest BCUT2D eigenvalue weighted by Gasteiger charge is 2.33. The van der Waals surface area contributed by atoms with Crippen LogP contribution in [-0.4, -0.2) is 21.6 Å². The number of fused-ring (bicyclic) bond motifs is 3. The molecule has 2 aromatic heterocycles. The van der Waals surface area contributed by atoms with Crippen LogP contribution in [-0.2, 0) is 36.7 Å². The number of nitrogens with zero attached hydrogens (tertiary/aromatic N) is 2. The number of nitrogens with one attached hydrogen (secondary N) is 1. The number of thiophene rings is 1. The molecular formula is C27H24F3N3OS2. The van der Waals surface area contributed by atoms with E-state index < -0.39 is 17.6 Å². The number of para-hydroxylation sites is 1. The molecule has 0 radical (unpaired) electrons. The number of benzene rings is 2. The van der Waals surface area contributed by atoms with E-state index in [1.807, 2.05) is 18.2 Å². The topological polar surface area (TPSA) is 54.9 Å². The Morgan fingerprint density at radius 1 is 0.972 bits per heavy atom. The quantitative estimate of drug-likeness (QED) is 0.206. The molecule has 0 fully saturated rings. The number of aromatic nitrogens is 2. The standard InChI is InChI=1S/C27H24F3N3OS2/c28-27(29,30)19-11-5-6-12-20(19)31-23(34)16-35-25-24-18-10-4-7-13-21(18)36-26(24)33-22(32-25)15-14-17-8-2-1-3-9-17/h1-3,5-6,8-9,11-12H,4,7,10,13-16H2,(H,31,34). The molecule has 4 nitrogen and oxygen atoms in total. The zero-order valence-corrected chi connectivity index (χ0v) is 21.0. The van der Waals surface area contributed by atoms with Crippen molar-refractivity contribution in [2.24, 2.45) is 0 Å². The minimum Gasteiger partial charge on any atom is -0.325 e. The van der Waals surface area contributed by atoms with Crippen molar-refractivity contribution in [2.45, 2.75) is 49.7 Å². The van der Waals surface area contributed by atoms with Crippen LogP contribution < -0.4 is 5.32 Å². The Kier molecular flexibility index (Phi) is 7.29. The lowest BCUT2D eigenvalue weighted by atomic mass is 9.97. The molecule has 0 bridgehead atoms. The summed E-state index contributed by atoms with van der Waals surface area (Å²) in [5, 5.41) is 4.18. The van der Waals surface area contributed by atoms with Gasteiger partial charge in [-0.25, -0.2) is 9.97 Å². The first-order chi connectivity index (χ1) is 17.4. The lowest BCUT2D eigenvalue weighted by Crippen LogP contribution is -2.18. The number of thioether (sulfide) groups is 1. The Labute approximate surface area is 215 Å². The third-order valence-corrected chi connectivity index (χ3v) is 8.32. The lowest BCUT2D eigenvalue weighted by molar-refractivity contribution is -0.137. The SMILES string of the molecule is O=C(CSc1nc(CCc2ccccc2)nc2sc3c(c12)CCCC3)Nc1ccccc1C(F)(F)F. The van der Waals surface area contributed by atoms with Crippen molar-refractivity contribution < 1.29 is 18.0 Å². The van der Waals surface area contributed by atoms with E-state index >= 15 is 0 Å². The molecule has 0 unspecified atom stereocenters. The average Bonchev–Trinajstić information content (AvgIpc) is 3.25. The van der Waals surface area contributed by atoms with Crippen molar-refractivity contribution in [1.29, 1.82) is 0 Å². The molecule has 1 amide bonds. The predicted molar refractivity (Wildman–Crippen MR) is 139 cm³/mol. The van der Waals surface area contributed by atoms with E-state index in [-0.39, 0.29) is 11.4 Å². The number of rotatable bonds is 7. The van der Waals surface area contributed by atoms with E-state index in [1.54, 1.807) is 11.3 Å². The maximum absolute atomic E-state index is 13.3. The maximum Gasteiger partial charge on any atom is 0.418 e. The highest BCUT2D eigenvalue weighted by molar-refractivity contribution is 8.00. The minimum absolute atomic E-state index is 0.0406. The molecule has 1 N–H and O–H groups in total. The van der Waals surface area contributed by atoms with E-state index in [0.717, 1.165) is 59.2 Å². The second kappa shape index (κ2) is 10.6. The molecule has 0 aliphatic heterocycles. The van der Waals surface area contributed by atoms with Gasteiger partial charge in [-0.1, -0.05) is 54.2 Å². The number of hydrogen-bond donors (Lipinski definition) is 1. The van der Waals surface area contributed by atoms with Crippen molar-refractivity contribution in [1.82, 2.24) is 9.97 Å². The maximum atomic E-state index is 13.3. The van der Waals surface area contributed by atoms with Gasteiger partial charge in [0.1, 0.15) is 15.7 Å². The second-order valence-electron chi connectivity index (χ2n) is 8.70. The zero-order valence-electron chi connectivity index (χ0n) is 19.4. The lowest BCUT2D eigenvalue weighted by Gasteiger charge is -2.14. The van der Waals surface area contributed by atoms with Crippen LogP contribution >= 0.6 is 23.1 Å². The summed E-state index contributed by atoms with van der Waals surface area (Å²) in [6.45, 7) is 0. The first kappa shape index (κ1) is 24.8. The molecule has 5 rings (SSSR count). The van der Waals surface area contributed by atoms with Gasteiger partial charge in [0.15, 0.2) is 0 Å². The van der Waals surface area contributed by atoms with Gasteiger partial charge in [0.25, 0.3) is 0 Å². The number of anilines is 1. The van der Waals surface area contributed by atoms with Gasteiger partial charge in [-0.3, -0.25) is 4.79 Å². The summed E-state index contributed by atoms with van der Waals surface area (Å²) in [6, 6.07) is 15.1. The first-order valence-electron chi connectivity index (χ1n) is 11.8. The second-order valence-corrected chi connectivity index (χ2v) is 10.7. The van der Waals surface area contributed by atoms with Crippen molar-refractivity contribution in [3.05, 3.63) is 82.0 Å². The number of hydrogen-bond acceptors (Lipinski definition) is 5. The number of halogens is 3. The minimum atomic E-state index is -4.54. The van der Waals surface area contributed by atoms with E-state index in [1.165, 1.54) is 46.0 Å². The van der Waals surface area contributed by atoms with Gasteiger partial charge in [0, 0.05) is 16.7 Å². The molecular weight excluding hydrogens is 503 g/mol. The van der Waals surface area contributed by atoms with Gasteiger partial charge < -0.3 is 5.32 Å². The fourth-order valence-electron chi connectivity index (χ4n) is 4.44. The van der Waals surface area contributed by atoms with Crippen LogP contribution in [0.4, 0.5) is 18.9 Å². The summed E-state index contributed by atoms with van der Waals surface area (Å²) in [5.41, 5.74) is 1.37. The summed E-state index contributed by atoms with van der Waals surface area (Å²) in [7, 11) is 0. The van der Waals surface area contributed by atoms with Crippen molar-refractivity contribution >= 4 is 44.9 Å². The van der Waals surface area contributed by atoms with Crippen LogP contribution in [0.25, 0.3) is 10.2 Å². The van der Waals surface area contributed by atoms with E-state index in [0.29, 0.717) is 6.42 Å². The Balaban J connectivity index is 1.38. The van der Waals surface area contributed by atoms with Crippen molar-refractivity contribution in [3.8, 4) is 0 Å². The Morgan fingerprint density at radius 3 is 2.53 bits per heavy atom. The summed E-state index contributed by atoms with van der Waals surface area (Å²) in [4.78, 5) is 24.6. The van der Waals surface area contributed by atoms with Crippen LogP contribution in [0, 0.1) is 0 Å². The number of alkyl halides is 3. The first-order valence-corrected chi connectivity index (χ1v) is 13.6. The number of carbonyl (C=O) groups is 1. The smallest absolute Gasteiger partial charge is 0.325 e. The number of carbonyl (C=O) groups excluding carboxylic acids is 1. The van der Waals surface area contributed by atoms with Gasteiger partial charge in [0.05, 0.1) is 17.0 Å². The van der Waals surface area contributed by atoms with Gasteiger partial charge in [-0.05, 0) is 55.4 Å². The van der Waals surface area contributed by atoms with Crippen LogP contribution in [0.3, 0.4) is 0 Å². The molecule has 1 aliphatic rings. The summed E-state index contributed by atoms with van der Waals surface area (Å²) in [5.74, 6) is 0.176. The Hall–Kier alpha value is -2.91. The van der Waals surface area contributed by atoms with E-state index in [4.69, 9.17) is 9.97 Å². The van der Waals surface area contributed by atoms with E-state index in [9.17, 15) is 18.0 Å². The Morgan fingerprint density at radius 2 is 1.72 bits per heavy atom. The van der Waals surface area contributed by atoms with E-state index in [2.05, 4.69) is 17.4 Å². The van der Waals surface area contributed by atoms with Crippen LogP contribution in [0.2, 0.25) is 0 Å². The van der Waals surface area contributed by atoms with Gasteiger partial charge in [-0.15, -0.1) is 11.3 Å². The molecule has 0 saturated heterocycles. The molecule has 0 atom stereocenters. The third-order valence-electron chi connectivity index (χ3n) is 6.15. The average molecular weight is 528 g/mol. The fourth-order valence-corrected chi connectivity index (χ4v) is 6.66. The molecule has 9 heteroatoms. The molecule has 186 valence electrons. The summed E-state index contributed by atoms with van der Waals surface area (Å²) < 4.78 is 39.9. The van der Waals surface area contributed by atoms with Crippen LogP contribution in [0.5, 0.6) is 0 Å². The van der Waals surface area contributed by atoms with Gasteiger partial charge in [0.2, 0.25) is 5.91 Å². The number of amides is 1. The summed E-state index contributed by atoms with van der Waals surface area (Å²) >= 11 is 2.97. The molecule has 36 heavy (non-hydrogen) atoms. The van der Waals surface area contributed by atoms with Crippen LogP contribution in [0.15, 0.2) is 59.6 Å². The Bertz CT molecular complexity index is 1390. The van der Waals surface area contributed by atoms with Gasteiger partial charge >= 0.3 is 6.18 Å². The predicted octanol–water partition coefficient (Wildman–Crippen LogP) is 7.10. The van der Waals surface area contributed by atoms with Gasteiger partial charge in [-0.2, -0.15) is 13.2 Å². The van der Waals surface area contributed by atoms with Crippen molar-refractivity contribution in [3.63, 3.8) is 0 Å². The monoisotopic (exact) mass is 527 g/mol. The molecule has 2 aromatic carbocycles. The third kappa shape index (κ3) is 5.57. The largest absolute Gasteiger partial charge is 0.418 e. The fraction of sp³-hybridized carbons (Fsp3) is 0.296. The zero-order chi connectivity index (χ0) is 25.1. The van der Waals surface area contributed by atoms with Crippen molar-refractivity contribution in [2.75, 3.05) is 11.1 Å². The normalized spacial score (nSPS) is 13.5. The molecule has 0 saturated carbocycles. The van der Waals surface area contributed by atoms with Crippen LogP contribution in [0.1, 0.15) is 40.2 Å². The molecule has 1 aliphatic carbocycles. The molecule has 4 aromatic rings. The number of aryl methyl sites for hydroxylation is 4. The summed E-state index contributed by atoms with van der Waals surface area (Å²) in [6.07, 6.45) is 1.16. The molecule has 2 heterocycles. The molecule has 0 spiro atoms.